The van der Waals surface area contributed by atoms with E-state index in [-0.39, 0.29) is 6.04 Å². The summed E-state index contributed by atoms with van der Waals surface area (Å²) in [5.41, 5.74) is 5.80. The molecule has 0 radical (unpaired) electrons. The van der Waals surface area contributed by atoms with E-state index in [1.807, 2.05) is 6.92 Å². The van der Waals surface area contributed by atoms with Crippen LogP contribution in [0.15, 0.2) is 10.6 Å². The molecule has 0 spiro atoms. The summed E-state index contributed by atoms with van der Waals surface area (Å²) in [5, 5.41) is 0. The Hall–Kier alpha value is -0.870. The smallest absolute Gasteiger partial charge is 0.211 e. The predicted octanol–water partition coefficient (Wildman–Crippen LogP) is 2.63. The van der Waals surface area contributed by atoms with Crippen LogP contribution in [-0.4, -0.2) is 22.5 Å². The molecule has 0 aliphatic carbocycles. The van der Waals surface area contributed by atoms with Crippen LogP contribution in [0.4, 0.5) is 0 Å². The van der Waals surface area contributed by atoms with Crippen LogP contribution < -0.4 is 5.73 Å². The molecule has 1 aliphatic rings. The van der Waals surface area contributed by atoms with Crippen LogP contribution in [0.3, 0.4) is 0 Å². The summed E-state index contributed by atoms with van der Waals surface area (Å²) >= 11 is 0. The molecular weight excluding hydrogens is 214 g/mol. The number of nitrogens with zero attached hydrogens (tertiary/aromatic N) is 2. The zero-order chi connectivity index (χ0) is 12.4. The van der Waals surface area contributed by atoms with E-state index in [2.05, 4.69) is 23.7 Å². The fraction of sp³-hybridized carbons (Fsp3) is 0.769. The molecule has 4 heteroatoms. The normalized spacial score (nSPS) is 24.2. The maximum absolute atomic E-state index is 5.80. The Morgan fingerprint density at radius 3 is 2.76 bits per heavy atom. The highest BCUT2D eigenvalue weighted by atomic mass is 16.4. The number of aromatic nitrogens is 1. The van der Waals surface area contributed by atoms with Gasteiger partial charge in [-0.2, -0.15) is 0 Å². The lowest BCUT2D eigenvalue weighted by Gasteiger charge is -2.36. The highest BCUT2D eigenvalue weighted by Crippen LogP contribution is 2.32. The maximum Gasteiger partial charge on any atom is 0.211 e. The molecule has 1 fully saturated rings. The third kappa shape index (κ3) is 2.69. The highest BCUT2D eigenvalue weighted by Gasteiger charge is 2.29. The average Bonchev–Trinajstić information content (AvgIpc) is 2.78. The molecule has 1 aliphatic heterocycles. The number of likely N-dealkylation sites (tertiary alicyclic amines) is 1. The van der Waals surface area contributed by atoms with Crippen molar-refractivity contribution in [2.45, 2.75) is 58.2 Å². The van der Waals surface area contributed by atoms with Gasteiger partial charge in [-0.3, -0.25) is 4.90 Å². The number of oxazole rings is 1. The minimum Gasteiger partial charge on any atom is -0.442 e. The van der Waals surface area contributed by atoms with Crippen molar-refractivity contribution in [2.24, 2.45) is 5.73 Å². The Labute approximate surface area is 103 Å². The van der Waals surface area contributed by atoms with Crippen molar-refractivity contribution < 1.29 is 4.42 Å². The lowest BCUT2D eigenvalue weighted by Crippen LogP contribution is -2.38. The number of piperidine rings is 1. The van der Waals surface area contributed by atoms with Crippen molar-refractivity contribution in [2.75, 3.05) is 6.54 Å². The largest absolute Gasteiger partial charge is 0.442 e. The van der Waals surface area contributed by atoms with Gasteiger partial charge in [-0.05, 0) is 40.2 Å². The van der Waals surface area contributed by atoms with Crippen LogP contribution in [0.1, 0.15) is 63.8 Å². The lowest BCUT2D eigenvalue weighted by molar-refractivity contribution is 0.0912. The van der Waals surface area contributed by atoms with Gasteiger partial charge >= 0.3 is 0 Å². The Morgan fingerprint density at radius 2 is 2.18 bits per heavy atom. The molecule has 0 saturated carbocycles. The van der Waals surface area contributed by atoms with Crippen LogP contribution in [0.2, 0.25) is 0 Å². The van der Waals surface area contributed by atoms with Crippen LogP contribution in [-0.2, 0) is 0 Å². The van der Waals surface area contributed by atoms with Gasteiger partial charge in [0.05, 0.1) is 18.3 Å². The molecule has 1 saturated heterocycles. The first-order valence-electron chi connectivity index (χ1n) is 6.56. The van der Waals surface area contributed by atoms with Gasteiger partial charge in [0.15, 0.2) is 0 Å². The summed E-state index contributed by atoms with van der Waals surface area (Å²) in [6.07, 6.45) is 5.43. The summed E-state index contributed by atoms with van der Waals surface area (Å²) < 4.78 is 5.79. The van der Waals surface area contributed by atoms with Crippen LogP contribution in [0, 0.1) is 0 Å². The summed E-state index contributed by atoms with van der Waals surface area (Å²) in [6.45, 7) is 7.52. The van der Waals surface area contributed by atoms with Gasteiger partial charge in [-0.1, -0.05) is 6.42 Å². The Bertz CT molecular complexity index is 359. The minimum absolute atomic E-state index is 0.0765. The van der Waals surface area contributed by atoms with Gasteiger partial charge < -0.3 is 10.2 Å². The van der Waals surface area contributed by atoms with E-state index >= 15 is 0 Å². The molecule has 0 bridgehead atoms. The Balaban J connectivity index is 2.17. The quantitative estimate of drug-likeness (QED) is 0.878. The standard InChI is InChI=1S/C13H23N3O/c1-9(2)16-7-5-4-6-11(16)13-15-8-12(17-13)10(3)14/h8-11H,4-7,14H2,1-3H3. The second kappa shape index (κ2) is 5.19. The second-order valence-electron chi connectivity index (χ2n) is 5.23. The van der Waals surface area contributed by atoms with Crippen molar-refractivity contribution in [1.29, 1.82) is 0 Å². The van der Waals surface area contributed by atoms with Crippen molar-refractivity contribution in [3.63, 3.8) is 0 Å². The average molecular weight is 237 g/mol. The zero-order valence-corrected chi connectivity index (χ0v) is 11.0. The van der Waals surface area contributed by atoms with E-state index in [4.69, 9.17) is 10.2 Å². The molecule has 1 aromatic rings. The first kappa shape index (κ1) is 12.6. The summed E-state index contributed by atoms with van der Waals surface area (Å²) in [4.78, 5) is 6.88. The number of nitrogens with two attached hydrogens (primary N) is 1. The predicted molar refractivity (Wildman–Crippen MR) is 67.5 cm³/mol. The van der Waals surface area contributed by atoms with E-state index in [9.17, 15) is 0 Å². The van der Waals surface area contributed by atoms with Crippen molar-refractivity contribution >= 4 is 0 Å². The maximum atomic E-state index is 5.80. The van der Waals surface area contributed by atoms with Crippen LogP contribution >= 0.6 is 0 Å². The fourth-order valence-corrected chi connectivity index (χ4v) is 2.50. The number of hydrogen-bond donors (Lipinski definition) is 1. The molecule has 96 valence electrons. The molecule has 17 heavy (non-hydrogen) atoms. The van der Waals surface area contributed by atoms with Gasteiger partial charge in [0, 0.05) is 6.04 Å². The SMILES string of the molecule is CC(N)c1cnc(C2CCCCN2C(C)C)o1. The summed E-state index contributed by atoms with van der Waals surface area (Å²) in [6, 6.07) is 0.787. The molecule has 2 heterocycles. The van der Waals surface area contributed by atoms with Gasteiger partial charge in [-0.25, -0.2) is 4.98 Å². The zero-order valence-electron chi connectivity index (χ0n) is 11.0. The van der Waals surface area contributed by atoms with Gasteiger partial charge in [0.2, 0.25) is 5.89 Å². The summed E-state index contributed by atoms with van der Waals surface area (Å²) in [7, 11) is 0. The van der Waals surface area contributed by atoms with E-state index in [0.29, 0.717) is 12.1 Å². The molecule has 2 unspecified atom stereocenters. The third-order valence-corrected chi connectivity index (χ3v) is 3.48. The molecular formula is C13H23N3O. The van der Waals surface area contributed by atoms with Gasteiger partial charge in [0.25, 0.3) is 0 Å². The fourth-order valence-electron chi connectivity index (χ4n) is 2.50. The molecule has 1 aromatic heterocycles. The monoisotopic (exact) mass is 237 g/mol. The number of hydrogen-bond acceptors (Lipinski definition) is 4. The van der Waals surface area contributed by atoms with E-state index in [1.165, 1.54) is 12.8 Å². The Kier molecular flexibility index (Phi) is 3.84. The molecule has 0 aromatic carbocycles. The number of rotatable bonds is 3. The van der Waals surface area contributed by atoms with E-state index in [0.717, 1.165) is 24.6 Å². The lowest BCUT2D eigenvalue weighted by atomic mass is 10.0. The Morgan fingerprint density at radius 1 is 1.41 bits per heavy atom. The van der Waals surface area contributed by atoms with Crippen molar-refractivity contribution in [1.82, 2.24) is 9.88 Å². The van der Waals surface area contributed by atoms with Crippen molar-refractivity contribution in [3.8, 4) is 0 Å². The van der Waals surface area contributed by atoms with Gasteiger partial charge in [-0.15, -0.1) is 0 Å². The van der Waals surface area contributed by atoms with E-state index < -0.39 is 0 Å². The molecule has 4 nitrogen and oxygen atoms in total. The minimum atomic E-state index is -0.0765. The first-order chi connectivity index (χ1) is 8.09. The third-order valence-electron chi connectivity index (χ3n) is 3.48. The van der Waals surface area contributed by atoms with Crippen LogP contribution in [0.25, 0.3) is 0 Å². The first-order valence-corrected chi connectivity index (χ1v) is 6.56. The topological polar surface area (TPSA) is 55.3 Å². The van der Waals surface area contributed by atoms with Crippen LogP contribution in [0.5, 0.6) is 0 Å². The second-order valence-corrected chi connectivity index (χ2v) is 5.23. The molecule has 2 rings (SSSR count). The molecule has 2 atom stereocenters. The van der Waals surface area contributed by atoms with Crippen molar-refractivity contribution in [3.05, 3.63) is 17.8 Å². The highest BCUT2D eigenvalue weighted by molar-refractivity contribution is 5.03. The van der Waals surface area contributed by atoms with Gasteiger partial charge in [0.1, 0.15) is 5.76 Å². The molecule has 2 N–H and O–H groups in total. The molecule has 0 amide bonds. The van der Waals surface area contributed by atoms with E-state index in [1.54, 1.807) is 6.20 Å². The summed E-state index contributed by atoms with van der Waals surface area (Å²) in [5.74, 6) is 1.62.